The minimum atomic E-state index is -0.290. The molecular formula is C13H16O3. The van der Waals surface area contributed by atoms with Gasteiger partial charge in [0.05, 0.1) is 18.8 Å². The number of rotatable bonds is 2. The summed E-state index contributed by atoms with van der Waals surface area (Å²) in [4.78, 5) is 11.3. The van der Waals surface area contributed by atoms with E-state index in [2.05, 4.69) is 4.74 Å². The number of carbonyl (C=O) groups excluding carboxylic acids is 1. The number of ether oxygens (including phenoxy) is 2. The van der Waals surface area contributed by atoms with E-state index in [4.69, 9.17) is 4.74 Å². The van der Waals surface area contributed by atoms with Crippen molar-refractivity contribution in [2.75, 3.05) is 13.7 Å². The summed E-state index contributed by atoms with van der Waals surface area (Å²) in [7, 11) is 1.39. The van der Waals surface area contributed by atoms with Crippen LogP contribution in [0.25, 0.3) is 0 Å². The molecule has 1 atom stereocenters. The quantitative estimate of drug-likeness (QED) is 0.719. The molecule has 0 aliphatic carbocycles. The molecule has 86 valence electrons. The molecule has 1 heterocycles. The number of benzene rings is 1. The molecule has 1 aliphatic heterocycles. The third-order valence-corrected chi connectivity index (χ3v) is 2.97. The van der Waals surface area contributed by atoms with Crippen molar-refractivity contribution in [3.05, 3.63) is 34.9 Å². The van der Waals surface area contributed by atoms with Gasteiger partial charge in [0, 0.05) is 6.61 Å². The van der Waals surface area contributed by atoms with Gasteiger partial charge in [-0.2, -0.15) is 0 Å². The Morgan fingerprint density at radius 3 is 2.88 bits per heavy atom. The molecule has 1 aromatic carbocycles. The van der Waals surface area contributed by atoms with Crippen molar-refractivity contribution in [2.45, 2.75) is 25.9 Å². The lowest BCUT2D eigenvalue weighted by atomic mass is 9.99. The zero-order valence-electron chi connectivity index (χ0n) is 9.66. The molecule has 0 aromatic heterocycles. The molecule has 0 N–H and O–H groups in total. The Morgan fingerprint density at radius 2 is 2.31 bits per heavy atom. The summed E-state index contributed by atoms with van der Waals surface area (Å²) in [6.45, 7) is 2.84. The number of methoxy groups -OCH3 is 1. The van der Waals surface area contributed by atoms with E-state index < -0.39 is 0 Å². The molecule has 3 heteroatoms. The summed E-state index contributed by atoms with van der Waals surface area (Å²) in [5.41, 5.74) is 2.88. The highest BCUT2D eigenvalue weighted by molar-refractivity contribution is 5.89. The normalized spacial score (nSPS) is 19.8. The van der Waals surface area contributed by atoms with E-state index in [1.54, 1.807) is 6.07 Å². The van der Waals surface area contributed by atoms with Crippen LogP contribution in [0.1, 0.15) is 40.4 Å². The standard InChI is InChI=1S/C13H16O3/c1-9-8-10(13(14)15-2)5-6-11(9)12-4-3-7-16-12/h5-6,8,12H,3-4,7H2,1-2H3/t12-/m0/s1. The Kier molecular flexibility index (Phi) is 3.25. The van der Waals surface area contributed by atoms with Crippen molar-refractivity contribution < 1.29 is 14.3 Å². The first-order chi connectivity index (χ1) is 7.72. The van der Waals surface area contributed by atoms with Gasteiger partial charge in [-0.3, -0.25) is 0 Å². The van der Waals surface area contributed by atoms with Crippen LogP contribution in [0, 0.1) is 6.92 Å². The molecule has 2 rings (SSSR count). The Bertz CT molecular complexity index is 392. The van der Waals surface area contributed by atoms with E-state index in [1.165, 1.54) is 12.7 Å². The van der Waals surface area contributed by atoms with Gasteiger partial charge in [-0.05, 0) is 43.0 Å². The highest BCUT2D eigenvalue weighted by atomic mass is 16.5. The van der Waals surface area contributed by atoms with Crippen LogP contribution in [0.2, 0.25) is 0 Å². The van der Waals surface area contributed by atoms with Crippen LogP contribution in [0.5, 0.6) is 0 Å². The van der Waals surface area contributed by atoms with Gasteiger partial charge >= 0.3 is 5.97 Å². The van der Waals surface area contributed by atoms with Gasteiger partial charge in [0.25, 0.3) is 0 Å². The van der Waals surface area contributed by atoms with E-state index in [0.717, 1.165) is 25.0 Å². The van der Waals surface area contributed by atoms with E-state index in [9.17, 15) is 4.79 Å². The molecule has 1 fully saturated rings. The second-order valence-corrected chi connectivity index (χ2v) is 4.06. The molecule has 3 nitrogen and oxygen atoms in total. The maximum atomic E-state index is 11.3. The fraction of sp³-hybridized carbons (Fsp3) is 0.462. The molecule has 1 aliphatic rings. The lowest BCUT2D eigenvalue weighted by Gasteiger charge is -2.13. The molecule has 0 unspecified atom stereocenters. The van der Waals surface area contributed by atoms with Crippen LogP contribution in [-0.2, 0) is 9.47 Å². The molecule has 1 aromatic rings. The molecule has 1 saturated heterocycles. The van der Waals surface area contributed by atoms with Crippen molar-refractivity contribution >= 4 is 5.97 Å². The van der Waals surface area contributed by atoms with Crippen molar-refractivity contribution in [2.24, 2.45) is 0 Å². The summed E-state index contributed by atoms with van der Waals surface area (Å²) >= 11 is 0. The predicted octanol–water partition coefficient (Wildman–Crippen LogP) is 2.63. The summed E-state index contributed by atoms with van der Waals surface area (Å²) in [5.74, 6) is -0.290. The first kappa shape index (κ1) is 11.1. The molecule has 0 spiro atoms. The summed E-state index contributed by atoms with van der Waals surface area (Å²) in [5, 5.41) is 0. The number of hydrogen-bond acceptors (Lipinski definition) is 3. The van der Waals surface area contributed by atoms with Gasteiger partial charge in [-0.1, -0.05) is 6.07 Å². The van der Waals surface area contributed by atoms with Gasteiger partial charge in [0.15, 0.2) is 0 Å². The summed E-state index contributed by atoms with van der Waals surface area (Å²) in [6.07, 6.45) is 2.38. The predicted molar refractivity (Wildman–Crippen MR) is 60.4 cm³/mol. The second-order valence-electron chi connectivity index (χ2n) is 4.06. The number of aryl methyl sites for hydroxylation is 1. The highest BCUT2D eigenvalue weighted by Crippen LogP contribution is 2.30. The Balaban J connectivity index is 2.25. The minimum Gasteiger partial charge on any atom is -0.465 e. The first-order valence-electron chi connectivity index (χ1n) is 5.53. The Hall–Kier alpha value is -1.35. The average molecular weight is 220 g/mol. The SMILES string of the molecule is COC(=O)c1ccc([C@@H]2CCCO2)c(C)c1. The largest absolute Gasteiger partial charge is 0.465 e. The molecule has 0 saturated carbocycles. The molecule has 0 radical (unpaired) electrons. The first-order valence-corrected chi connectivity index (χ1v) is 5.53. The van der Waals surface area contributed by atoms with Crippen molar-refractivity contribution in [3.63, 3.8) is 0 Å². The van der Waals surface area contributed by atoms with Gasteiger partial charge in [-0.25, -0.2) is 4.79 Å². The maximum absolute atomic E-state index is 11.3. The maximum Gasteiger partial charge on any atom is 0.337 e. The van der Waals surface area contributed by atoms with Crippen LogP contribution >= 0.6 is 0 Å². The number of carbonyl (C=O) groups is 1. The molecular weight excluding hydrogens is 204 g/mol. The Labute approximate surface area is 95.4 Å². The third kappa shape index (κ3) is 2.09. The smallest absolute Gasteiger partial charge is 0.337 e. The van der Waals surface area contributed by atoms with E-state index in [1.807, 2.05) is 19.1 Å². The molecule has 0 bridgehead atoms. The van der Waals surface area contributed by atoms with Crippen molar-refractivity contribution in [1.29, 1.82) is 0 Å². The second kappa shape index (κ2) is 4.66. The van der Waals surface area contributed by atoms with Crippen molar-refractivity contribution in [1.82, 2.24) is 0 Å². The average Bonchev–Trinajstić information content (AvgIpc) is 2.81. The monoisotopic (exact) mass is 220 g/mol. The molecule has 0 amide bonds. The lowest BCUT2D eigenvalue weighted by molar-refractivity contribution is 0.0600. The summed E-state index contributed by atoms with van der Waals surface area (Å²) < 4.78 is 10.3. The van der Waals surface area contributed by atoms with Crippen LogP contribution in [0.3, 0.4) is 0 Å². The lowest BCUT2D eigenvalue weighted by Crippen LogP contribution is -2.04. The number of esters is 1. The van der Waals surface area contributed by atoms with Crippen molar-refractivity contribution in [3.8, 4) is 0 Å². The van der Waals surface area contributed by atoms with E-state index in [-0.39, 0.29) is 12.1 Å². The van der Waals surface area contributed by atoms with Gasteiger partial charge in [0.2, 0.25) is 0 Å². The third-order valence-electron chi connectivity index (χ3n) is 2.97. The fourth-order valence-electron chi connectivity index (χ4n) is 2.10. The van der Waals surface area contributed by atoms with Crippen LogP contribution in [0.4, 0.5) is 0 Å². The molecule has 16 heavy (non-hydrogen) atoms. The zero-order valence-corrected chi connectivity index (χ0v) is 9.66. The zero-order chi connectivity index (χ0) is 11.5. The van der Waals surface area contributed by atoms with Gasteiger partial charge < -0.3 is 9.47 Å². The Morgan fingerprint density at radius 1 is 1.50 bits per heavy atom. The topological polar surface area (TPSA) is 35.5 Å². The minimum absolute atomic E-state index is 0.201. The fourth-order valence-corrected chi connectivity index (χ4v) is 2.10. The van der Waals surface area contributed by atoms with Crippen LogP contribution < -0.4 is 0 Å². The van der Waals surface area contributed by atoms with E-state index in [0.29, 0.717) is 5.56 Å². The summed E-state index contributed by atoms with van der Waals surface area (Å²) in [6, 6.07) is 5.64. The van der Waals surface area contributed by atoms with Gasteiger partial charge in [0.1, 0.15) is 0 Å². The van der Waals surface area contributed by atoms with Crippen LogP contribution in [0.15, 0.2) is 18.2 Å². The highest BCUT2D eigenvalue weighted by Gasteiger charge is 2.20. The van der Waals surface area contributed by atoms with E-state index >= 15 is 0 Å². The van der Waals surface area contributed by atoms with Gasteiger partial charge in [-0.15, -0.1) is 0 Å². The van der Waals surface area contributed by atoms with Crippen LogP contribution in [-0.4, -0.2) is 19.7 Å². The number of hydrogen-bond donors (Lipinski definition) is 0.